The number of aromatic nitrogens is 1. The molecule has 1 aliphatic carbocycles. The summed E-state index contributed by atoms with van der Waals surface area (Å²) in [5, 5.41) is 3.98. The molecule has 1 aromatic carbocycles. The number of thiazole rings is 1. The number of carbonyl (C=O) groups is 3. The lowest BCUT2D eigenvalue weighted by Crippen LogP contribution is -2.49. The Morgan fingerprint density at radius 1 is 1.29 bits per heavy atom. The smallest absolute Gasteiger partial charge is 0.321 e. The Morgan fingerprint density at radius 3 is 2.71 bits per heavy atom. The Labute approximate surface area is 171 Å². The standard InChI is InChI=1S/C19H21ClN4O3S/c1-11-21-16-13(28-11)7-6-12(20)15(16)22-14(25)10-24-17(26)19(23(2)18(24)27)8-4-3-5-9-19/h6-7H,3-5,8-10H2,1-2H3,(H,22,25). The quantitative estimate of drug-likeness (QED) is 0.765. The number of nitrogens with zero attached hydrogens (tertiary/aromatic N) is 3. The Hall–Kier alpha value is -2.19. The minimum Gasteiger partial charge on any atom is -0.321 e. The van der Waals surface area contributed by atoms with Gasteiger partial charge in [0.25, 0.3) is 5.91 Å². The fourth-order valence-electron chi connectivity index (χ4n) is 4.19. The van der Waals surface area contributed by atoms with Crippen molar-refractivity contribution in [2.75, 3.05) is 18.9 Å². The molecular weight excluding hydrogens is 400 g/mol. The van der Waals surface area contributed by atoms with Crippen LogP contribution in [0.2, 0.25) is 5.02 Å². The number of nitrogens with one attached hydrogen (secondary N) is 1. The number of aryl methyl sites for hydroxylation is 1. The molecule has 2 aliphatic rings. The van der Waals surface area contributed by atoms with Crippen LogP contribution in [0, 0.1) is 6.92 Å². The van der Waals surface area contributed by atoms with Crippen LogP contribution in [0.5, 0.6) is 0 Å². The molecule has 1 saturated carbocycles. The minimum atomic E-state index is -0.792. The highest BCUT2D eigenvalue weighted by atomic mass is 35.5. The largest absolute Gasteiger partial charge is 0.327 e. The van der Waals surface area contributed by atoms with Gasteiger partial charge in [-0.3, -0.25) is 14.5 Å². The normalized spacial score (nSPS) is 19.1. The molecule has 9 heteroatoms. The lowest BCUT2D eigenvalue weighted by molar-refractivity contribution is -0.136. The fraction of sp³-hybridized carbons (Fsp3) is 0.474. The zero-order valence-corrected chi connectivity index (χ0v) is 17.3. The molecule has 1 N–H and O–H groups in total. The van der Waals surface area contributed by atoms with Gasteiger partial charge in [-0.15, -0.1) is 11.3 Å². The summed E-state index contributed by atoms with van der Waals surface area (Å²) in [5.41, 5.74) is 0.232. The molecule has 1 aromatic heterocycles. The maximum atomic E-state index is 13.0. The van der Waals surface area contributed by atoms with Gasteiger partial charge in [0.2, 0.25) is 5.91 Å². The van der Waals surface area contributed by atoms with Crippen LogP contribution < -0.4 is 5.32 Å². The zero-order chi connectivity index (χ0) is 20.1. The van der Waals surface area contributed by atoms with E-state index in [0.717, 1.165) is 33.9 Å². The number of carbonyl (C=O) groups excluding carboxylic acids is 3. The first-order valence-electron chi connectivity index (χ1n) is 9.29. The van der Waals surface area contributed by atoms with Crippen molar-refractivity contribution in [3.63, 3.8) is 0 Å². The van der Waals surface area contributed by atoms with Crippen molar-refractivity contribution in [1.29, 1.82) is 0 Å². The monoisotopic (exact) mass is 420 g/mol. The van der Waals surface area contributed by atoms with Gasteiger partial charge < -0.3 is 10.2 Å². The number of fused-ring (bicyclic) bond motifs is 1. The fourth-order valence-corrected chi connectivity index (χ4v) is 5.23. The lowest BCUT2D eigenvalue weighted by Gasteiger charge is -2.35. The van der Waals surface area contributed by atoms with Crippen molar-refractivity contribution in [2.45, 2.75) is 44.6 Å². The van der Waals surface area contributed by atoms with Gasteiger partial charge in [-0.2, -0.15) is 0 Å². The van der Waals surface area contributed by atoms with E-state index in [4.69, 9.17) is 11.6 Å². The van der Waals surface area contributed by atoms with E-state index in [1.807, 2.05) is 13.0 Å². The van der Waals surface area contributed by atoms with E-state index in [-0.39, 0.29) is 12.5 Å². The summed E-state index contributed by atoms with van der Waals surface area (Å²) in [6.07, 6.45) is 4.17. The maximum Gasteiger partial charge on any atom is 0.327 e. The van der Waals surface area contributed by atoms with Crippen molar-refractivity contribution in [3.05, 3.63) is 22.2 Å². The van der Waals surface area contributed by atoms with Gasteiger partial charge in [-0.05, 0) is 31.9 Å². The van der Waals surface area contributed by atoms with Crippen molar-refractivity contribution < 1.29 is 14.4 Å². The Balaban J connectivity index is 1.55. The summed E-state index contributed by atoms with van der Waals surface area (Å²) >= 11 is 7.77. The van der Waals surface area contributed by atoms with E-state index in [1.54, 1.807) is 13.1 Å². The van der Waals surface area contributed by atoms with Crippen LogP contribution in [0.25, 0.3) is 10.2 Å². The molecule has 4 rings (SSSR count). The molecule has 1 saturated heterocycles. The van der Waals surface area contributed by atoms with Gasteiger partial charge in [-0.1, -0.05) is 30.9 Å². The number of benzene rings is 1. The average Bonchev–Trinajstić information content (AvgIpc) is 3.13. The number of anilines is 1. The molecule has 1 aliphatic heterocycles. The number of likely N-dealkylation sites (N-methyl/N-ethyl adjacent to an activating group) is 1. The summed E-state index contributed by atoms with van der Waals surface area (Å²) in [6, 6.07) is 3.14. The number of hydrogen-bond acceptors (Lipinski definition) is 5. The summed E-state index contributed by atoms with van der Waals surface area (Å²) in [7, 11) is 1.65. The van der Waals surface area contributed by atoms with E-state index >= 15 is 0 Å². The van der Waals surface area contributed by atoms with E-state index in [2.05, 4.69) is 10.3 Å². The molecular formula is C19H21ClN4O3S. The second-order valence-electron chi connectivity index (χ2n) is 7.38. The molecule has 148 valence electrons. The first-order valence-corrected chi connectivity index (χ1v) is 10.5. The number of imide groups is 1. The minimum absolute atomic E-state index is 0.274. The van der Waals surface area contributed by atoms with Crippen molar-refractivity contribution in [3.8, 4) is 0 Å². The summed E-state index contributed by atoms with van der Waals surface area (Å²) in [6.45, 7) is 1.55. The Bertz CT molecular complexity index is 983. The van der Waals surface area contributed by atoms with E-state index < -0.39 is 17.5 Å². The van der Waals surface area contributed by atoms with E-state index in [1.165, 1.54) is 16.2 Å². The molecule has 28 heavy (non-hydrogen) atoms. The second kappa shape index (κ2) is 7.00. The van der Waals surface area contributed by atoms with Crippen LogP contribution in [0.3, 0.4) is 0 Å². The summed E-state index contributed by atoms with van der Waals surface area (Å²) in [4.78, 5) is 45.4. The number of urea groups is 1. The Kier molecular flexibility index (Phi) is 4.79. The van der Waals surface area contributed by atoms with Gasteiger partial charge >= 0.3 is 6.03 Å². The van der Waals surface area contributed by atoms with Crippen molar-refractivity contribution in [1.82, 2.24) is 14.8 Å². The van der Waals surface area contributed by atoms with Gasteiger partial charge in [0.1, 0.15) is 17.6 Å². The van der Waals surface area contributed by atoms with Crippen LogP contribution in [0.15, 0.2) is 12.1 Å². The van der Waals surface area contributed by atoms with E-state index in [9.17, 15) is 14.4 Å². The third kappa shape index (κ3) is 2.95. The molecule has 2 heterocycles. The third-order valence-corrected chi connectivity index (χ3v) is 6.92. The zero-order valence-electron chi connectivity index (χ0n) is 15.7. The molecule has 2 fully saturated rings. The number of hydrogen-bond donors (Lipinski definition) is 1. The number of rotatable bonds is 3. The summed E-state index contributed by atoms with van der Waals surface area (Å²) < 4.78 is 0.909. The topological polar surface area (TPSA) is 82.6 Å². The predicted molar refractivity (Wildman–Crippen MR) is 109 cm³/mol. The highest BCUT2D eigenvalue weighted by Crippen LogP contribution is 2.39. The molecule has 0 bridgehead atoms. The Morgan fingerprint density at radius 2 is 2.00 bits per heavy atom. The van der Waals surface area contributed by atoms with Crippen LogP contribution in [0.1, 0.15) is 37.1 Å². The number of halogens is 1. The maximum absolute atomic E-state index is 13.0. The van der Waals surface area contributed by atoms with Gasteiger partial charge in [-0.25, -0.2) is 9.78 Å². The lowest BCUT2D eigenvalue weighted by atomic mass is 9.81. The highest BCUT2D eigenvalue weighted by Gasteiger charge is 2.55. The molecule has 2 aromatic rings. The van der Waals surface area contributed by atoms with Crippen LogP contribution >= 0.6 is 22.9 Å². The molecule has 4 amide bonds. The molecule has 0 atom stereocenters. The first-order chi connectivity index (χ1) is 13.3. The average molecular weight is 421 g/mol. The number of amides is 4. The predicted octanol–water partition coefficient (Wildman–Crippen LogP) is 3.79. The van der Waals surface area contributed by atoms with Crippen LogP contribution in [-0.2, 0) is 9.59 Å². The van der Waals surface area contributed by atoms with Crippen molar-refractivity contribution in [2.24, 2.45) is 0 Å². The van der Waals surface area contributed by atoms with Crippen molar-refractivity contribution >= 4 is 56.7 Å². The molecule has 0 unspecified atom stereocenters. The molecule has 7 nitrogen and oxygen atoms in total. The van der Waals surface area contributed by atoms with Gasteiger partial charge in [0, 0.05) is 7.05 Å². The first kappa shape index (κ1) is 19.1. The van der Waals surface area contributed by atoms with E-state index in [0.29, 0.717) is 29.1 Å². The van der Waals surface area contributed by atoms with Crippen LogP contribution in [-0.4, -0.2) is 51.8 Å². The molecule has 1 spiro atoms. The highest BCUT2D eigenvalue weighted by molar-refractivity contribution is 7.18. The van der Waals surface area contributed by atoms with Crippen LogP contribution in [0.4, 0.5) is 10.5 Å². The third-order valence-electron chi connectivity index (χ3n) is 5.67. The van der Waals surface area contributed by atoms with Gasteiger partial charge in [0.15, 0.2) is 0 Å². The van der Waals surface area contributed by atoms with Gasteiger partial charge in [0.05, 0.1) is 20.4 Å². The summed E-state index contributed by atoms with van der Waals surface area (Å²) in [5.74, 6) is -0.744. The SMILES string of the molecule is Cc1nc2c(NC(=O)CN3C(=O)N(C)C4(CCCCC4)C3=O)c(Cl)ccc2s1. The molecule has 0 radical (unpaired) electrons. The second-order valence-corrected chi connectivity index (χ2v) is 9.02.